The highest BCUT2D eigenvalue weighted by atomic mass is 19.4. The molecule has 0 aliphatic heterocycles. The Morgan fingerprint density at radius 3 is 2.33 bits per heavy atom. The molecule has 2 N–H and O–H groups in total. The first kappa shape index (κ1) is 11.0. The number of halogens is 3. The molecule has 0 aromatic heterocycles. The molecule has 0 fully saturated rings. The maximum absolute atomic E-state index is 11.8. The SMILES string of the molecule is CC(N)=N/C=C\C(C)C(F)(F)F. The molecular formula is C7H11F3N2. The molecule has 0 saturated carbocycles. The summed E-state index contributed by atoms with van der Waals surface area (Å²) in [6.45, 7) is 2.56. The normalized spacial score (nSPS) is 16.9. The molecule has 0 amide bonds. The highest BCUT2D eigenvalue weighted by Gasteiger charge is 2.33. The summed E-state index contributed by atoms with van der Waals surface area (Å²) in [7, 11) is 0. The molecule has 0 aliphatic rings. The minimum Gasteiger partial charge on any atom is -0.387 e. The van der Waals surface area contributed by atoms with Crippen molar-refractivity contribution < 1.29 is 13.2 Å². The summed E-state index contributed by atoms with van der Waals surface area (Å²) in [6.07, 6.45) is -2.18. The summed E-state index contributed by atoms with van der Waals surface area (Å²) in [5.41, 5.74) is 5.11. The third kappa shape index (κ3) is 4.76. The third-order valence-corrected chi connectivity index (χ3v) is 1.17. The van der Waals surface area contributed by atoms with Gasteiger partial charge >= 0.3 is 6.18 Å². The maximum atomic E-state index is 11.8. The van der Waals surface area contributed by atoms with Gasteiger partial charge in [-0.15, -0.1) is 0 Å². The van der Waals surface area contributed by atoms with Crippen LogP contribution in [0.15, 0.2) is 17.3 Å². The summed E-state index contributed by atoms with van der Waals surface area (Å²) < 4.78 is 35.5. The molecule has 0 heterocycles. The summed E-state index contributed by atoms with van der Waals surface area (Å²) in [5, 5.41) is 0. The summed E-state index contributed by atoms with van der Waals surface area (Å²) in [4.78, 5) is 3.49. The molecule has 70 valence electrons. The van der Waals surface area contributed by atoms with E-state index in [-0.39, 0.29) is 5.84 Å². The molecule has 0 aromatic rings. The topological polar surface area (TPSA) is 38.4 Å². The van der Waals surface area contributed by atoms with Crippen molar-refractivity contribution in [3.05, 3.63) is 12.3 Å². The number of rotatable bonds is 2. The van der Waals surface area contributed by atoms with Gasteiger partial charge in [0.15, 0.2) is 0 Å². The smallest absolute Gasteiger partial charge is 0.387 e. The van der Waals surface area contributed by atoms with Crippen LogP contribution < -0.4 is 5.73 Å². The van der Waals surface area contributed by atoms with Crippen molar-refractivity contribution in [2.45, 2.75) is 20.0 Å². The van der Waals surface area contributed by atoms with Crippen LogP contribution in [0.3, 0.4) is 0 Å². The molecule has 0 aromatic carbocycles. The summed E-state index contributed by atoms with van der Waals surface area (Å²) in [5.74, 6) is -1.25. The highest BCUT2D eigenvalue weighted by Crippen LogP contribution is 2.26. The Labute approximate surface area is 69.0 Å². The van der Waals surface area contributed by atoms with Crippen molar-refractivity contribution in [2.75, 3.05) is 0 Å². The Hall–Kier alpha value is -1.00. The van der Waals surface area contributed by atoms with Gasteiger partial charge < -0.3 is 5.73 Å². The summed E-state index contributed by atoms with van der Waals surface area (Å²) >= 11 is 0. The van der Waals surface area contributed by atoms with Gasteiger partial charge in [0.05, 0.1) is 11.8 Å². The van der Waals surface area contributed by atoms with Crippen LogP contribution in [-0.4, -0.2) is 12.0 Å². The Kier molecular flexibility index (Phi) is 3.79. The Morgan fingerprint density at radius 2 is 2.00 bits per heavy atom. The lowest BCUT2D eigenvalue weighted by Gasteiger charge is -2.09. The number of hydrogen-bond acceptors (Lipinski definition) is 1. The second-order valence-electron chi connectivity index (χ2n) is 2.44. The molecule has 12 heavy (non-hydrogen) atoms. The molecule has 2 nitrogen and oxygen atoms in total. The van der Waals surface area contributed by atoms with Crippen molar-refractivity contribution in [1.29, 1.82) is 0 Å². The van der Waals surface area contributed by atoms with Crippen LogP contribution >= 0.6 is 0 Å². The molecule has 0 radical (unpaired) electrons. The quantitative estimate of drug-likeness (QED) is 0.512. The van der Waals surface area contributed by atoms with Crippen LogP contribution in [0.5, 0.6) is 0 Å². The van der Waals surface area contributed by atoms with Gasteiger partial charge in [0, 0.05) is 6.20 Å². The van der Waals surface area contributed by atoms with Crippen LogP contribution in [0.1, 0.15) is 13.8 Å². The lowest BCUT2D eigenvalue weighted by atomic mass is 10.2. The van der Waals surface area contributed by atoms with Crippen LogP contribution in [0.25, 0.3) is 0 Å². The van der Waals surface area contributed by atoms with E-state index in [4.69, 9.17) is 5.73 Å². The zero-order valence-electron chi connectivity index (χ0n) is 6.89. The van der Waals surface area contributed by atoms with E-state index in [2.05, 4.69) is 4.99 Å². The molecule has 1 atom stereocenters. The minimum absolute atomic E-state index is 0.237. The predicted octanol–water partition coefficient (Wildman–Crippen LogP) is 2.08. The van der Waals surface area contributed by atoms with Crippen LogP contribution in [0.2, 0.25) is 0 Å². The van der Waals surface area contributed by atoms with Gasteiger partial charge in [-0.3, -0.25) is 0 Å². The van der Waals surface area contributed by atoms with E-state index in [1.807, 2.05) is 0 Å². The minimum atomic E-state index is -4.20. The van der Waals surface area contributed by atoms with Gasteiger partial charge in [0.1, 0.15) is 0 Å². The zero-order chi connectivity index (χ0) is 9.78. The van der Waals surface area contributed by atoms with Gasteiger partial charge in [0.2, 0.25) is 0 Å². The molecule has 0 spiro atoms. The van der Waals surface area contributed by atoms with Crippen molar-refractivity contribution in [2.24, 2.45) is 16.6 Å². The fourth-order valence-corrected chi connectivity index (χ4v) is 0.399. The standard InChI is InChI=1S/C7H11F3N2/c1-5(7(8,9)10)3-4-12-6(2)11/h3-5H,1-2H3,(H2,11,12)/b4-3-. The third-order valence-electron chi connectivity index (χ3n) is 1.17. The van der Waals surface area contributed by atoms with Crippen molar-refractivity contribution in [3.63, 3.8) is 0 Å². The van der Waals surface area contributed by atoms with Crippen molar-refractivity contribution >= 4 is 5.84 Å². The largest absolute Gasteiger partial charge is 0.394 e. The first-order chi connectivity index (χ1) is 5.34. The van der Waals surface area contributed by atoms with E-state index < -0.39 is 12.1 Å². The Morgan fingerprint density at radius 1 is 1.50 bits per heavy atom. The highest BCUT2D eigenvalue weighted by molar-refractivity contribution is 5.77. The van der Waals surface area contributed by atoms with Gasteiger partial charge in [-0.05, 0) is 6.92 Å². The average molecular weight is 180 g/mol. The molecule has 5 heteroatoms. The summed E-state index contributed by atoms with van der Waals surface area (Å²) in [6, 6.07) is 0. The molecule has 0 bridgehead atoms. The molecular weight excluding hydrogens is 169 g/mol. The fourth-order valence-electron chi connectivity index (χ4n) is 0.399. The van der Waals surface area contributed by atoms with Gasteiger partial charge in [0.25, 0.3) is 0 Å². The van der Waals surface area contributed by atoms with Gasteiger partial charge in [-0.2, -0.15) is 13.2 Å². The monoisotopic (exact) mass is 180 g/mol. The van der Waals surface area contributed by atoms with Gasteiger partial charge in [-0.1, -0.05) is 13.0 Å². The lowest BCUT2D eigenvalue weighted by molar-refractivity contribution is -0.156. The van der Waals surface area contributed by atoms with Crippen LogP contribution in [-0.2, 0) is 0 Å². The van der Waals surface area contributed by atoms with E-state index in [1.165, 1.54) is 6.92 Å². The molecule has 1 unspecified atom stereocenters. The predicted molar refractivity (Wildman–Crippen MR) is 41.7 cm³/mol. The van der Waals surface area contributed by atoms with E-state index in [9.17, 15) is 13.2 Å². The molecule has 0 aliphatic carbocycles. The number of alkyl halides is 3. The number of aliphatic imine (C=N–C) groups is 1. The fraction of sp³-hybridized carbons (Fsp3) is 0.571. The first-order valence-electron chi connectivity index (χ1n) is 3.37. The first-order valence-corrected chi connectivity index (χ1v) is 3.37. The van der Waals surface area contributed by atoms with E-state index >= 15 is 0 Å². The Bertz CT molecular complexity index is 189. The average Bonchev–Trinajstić information content (AvgIpc) is 1.84. The van der Waals surface area contributed by atoms with Crippen molar-refractivity contribution in [3.8, 4) is 0 Å². The number of nitrogens with zero attached hydrogens (tertiary/aromatic N) is 1. The van der Waals surface area contributed by atoms with Crippen LogP contribution in [0.4, 0.5) is 13.2 Å². The second-order valence-corrected chi connectivity index (χ2v) is 2.44. The number of amidine groups is 1. The van der Waals surface area contributed by atoms with E-state index in [0.29, 0.717) is 0 Å². The zero-order valence-corrected chi connectivity index (χ0v) is 6.89. The van der Waals surface area contributed by atoms with Gasteiger partial charge in [-0.25, -0.2) is 4.99 Å². The number of nitrogens with two attached hydrogens (primary N) is 1. The van der Waals surface area contributed by atoms with E-state index in [0.717, 1.165) is 19.2 Å². The molecule has 0 saturated heterocycles. The van der Waals surface area contributed by atoms with E-state index in [1.54, 1.807) is 0 Å². The lowest BCUT2D eigenvalue weighted by Crippen LogP contribution is -2.17. The number of hydrogen-bond donors (Lipinski definition) is 1. The van der Waals surface area contributed by atoms with Crippen LogP contribution in [0, 0.1) is 5.92 Å². The van der Waals surface area contributed by atoms with Crippen molar-refractivity contribution in [1.82, 2.24) is 0 Å². The second kappa shape index (κ2) is 4.13. The number of allylic oxidation sites excluding steroid dienone is 1. The maximum Gasteiger partial charge on any atom is 0.394 e. The molecule has 0 rings (SSSR count). The Balaban J connectivity index is 4.10.